The molecular formula is C16H16ClF2NO. The van der Waals surface area contributed by atoms with Gasteiger partial charge in [-0.25, -0.2) is 8.78 Å². The summed E-state index contributed by atoms with van der Waals surface area (Å²) < 4.78 is 33.0. The average molecular weight is 312 g/mol. The van der Waals surface area contributed by atoms with E-state index in [1.54, 1.807) is 19.2 Å². The minimum absolute atomic E-state index is 0.0122. The van der Waals surface area contributed by atoms with Gasteiger partial charge in [0.1, 0.15) is 6.61 Å². The molecule has 2 aromatic carbocycles. The number of rotatable bonds is 5. The molecule has 0 heterocycles. The topological polar surface area (TPSA) is 21.3 Å². The van der Waals surface area contributed by atoms with E-state index in [9.17, 15) is 8.78 Å². The maximum Gasteiger partial charge on any atom is 0.191 e. The Hall–Kier alpha value is -1.65. The van der Waals surface area contributed by atoms with E-state index < -0.39 is 11.6 Å². The van der Waals surface area contributed by atoms with Crippen molar-refractivity contribution in [1.29, 1.82) is 0 Å². The highest BCUT2D eigenvalue weighted by atomic mass is 35.5. The van der Waals surface area contributed by atoms with Crippen LogP contribution in [0.15, 0.2) is 30.3 Å². The molecule has 0 atom stereocenters. The summed E-state index contributed by atoms with van der Waals surface area (Å²) in [7, 11) is 1.71. The van der Waals surface area contributed by atoms with E-state index in [2.05, 4.69) is 5.32 Å². The first-order valence-corrected chi connectivity index (χ1v) is 6.89. The van der Waals surface area contributed by atoms with Gasteiger partial charge in [-0.2, -0.15) is 0 Å². The normalized spacial score (nSPS) is 10.7. The van der Waals surface area contributed by atoms with Crippen molar-refractivity contribution >= 4 is 11.6 Å². The van der Waals surface area contributed by atoms with Crippen molar-refractivity contribution in [2.45, 2.75) is 20.1 Å². The molecule has 2 rings (SSSR count). The Morgan fingerprint density at radius 3 is 2.38 bits per heavy atom. The Kier molecular flexibility index (Phi) is 5.15. The molecule has 0 aliphatic carbocycles. The van der Waals surface area contributed by atoms with E-state index in [-0.39, 0.29) is 12.4 Å². The number of ether oxygens (including phenoxy) is 1. The third-order valence-corrected chi connectivity index (χ3v) is 3.37. The predicted octanol–water partition coefficient (Wildman–Crippen LogP) is 4.23. The summed E-state index contributed by atoms with van der Waals surface area (Å²) in [6, 6.07) is 7.94. The summed E-state index contributed by atoms with van der Waals surface area (Å²) in [6.45, 7) is 2.31. The first-order chi connectivity index (χ1) is 10.0. The van der Waals surface area contributed by atoms with Crippen LogP contribution >= 0.6 is 11.6 Å². The third kappa shape index (κ3) is 3.93. The first-order valence-electron chi connectivity index (χ1n) is 6.51. The van der Waals surface area contributed by atoms with E-state index in [1.807, 2.05) is 13.0 Å². The van der Waals surface area contributed by atoms with Gasteiger partial charge in [-0.1, -0.05) is 23.7 Å². The lowest BCUT2D eigenvalue weighted by Crippen LogP contribution is -2.07. The molecule has 0 saturated heterocycles. The Labute approximate surface area is 127 Å². The fourth-order valence-electron chi connectivity index (χ4n) is 1.98. The molecule has 0 spiro atoms. The molecule has 2 nitrogen and oxygen atoms in total. The van der Waals surface area contributed by atoms with E-state index in [0.29, 0.717) is 22.7 Å². The summed E-state index contributed by atoms with van der Waals surface area (Å²) in [6.07, 6.45) is 0. The number of aryl methyl sites for hydroxylation is 1. The molecule has 0 unspecified atom stereocenters. The Morgan fingerprint density at radius 1 is 1.14 bits per heavy atom. The van der Waals surface area contributed by atoms with E-state index >= 15 is 0 Å². The van der Waals surface area contributed by atoms with Crippen LogP contribution in [0, 0.1) is 18.6 Å². The van der Waals surface area contributed by atoms with Gasteiger partial charge in [0.15, 0.2) is 17.4 Å². The zero-order chi connectivity index (χ0) is 15.4. The number of hydrogen-bond donors (Lipinski definition) is 1. The summed E-state index contributed by atoms with van der Waals surface area (Å²) in [5, 5.41) is 3.35. The van der Waals surface area contributed by atoms with Gasteiger partial charge in [0.2, 0.25) is 0 Å². The minimum atomic E-state index is -0.719. The highest BCUT2D eigenvalue weighted by Crippen LogP contribution is 2.26. The maximum absolute atomic E-state index is 13.9. The van der Waals surface area contributed by atoms with Crippen molar-refractivity contribution in [1.82, 2.24) is 5.32 Å². The second-order valence-corrected chi connectivity index (χ2v) is 5.21. The van der Waals surface area contributed by atoms with Crippen molar-refractivity contribution in [3.05, 3.63) is 63.7 Å². The molecule has 21 heavy (non-hydrogen) atoms. The zero-order valence-electron chi connectivity index (χ0n) is 11.8. The van der Waals surface area contributed by atoms with Crippen LogP contribution in [0.5, 0.6) is 5.75 Å². The lowest BCUT2D eigenvalue weighted by atomic mass is 10.1. The van der Waals surface area contributed by atoms with Crippen molar-refractivity contribution < 1.29 is 13.5 Å². The van der Waals surface area contributed by atoms with Crippen molar-refractivity contribution in [2.24, 2.45) is 0 Å². The van der Waals surface area contributed by atoms with Gasteiger partial charge in [0, 0.05) is 17.1 Å². The molecule has 0 fully saturated rings. The molecule has 5 heteroatoms. The van der Waals surface area contributed by atoms with Gasteiger partial charge >= 0.3 is 0 Å². The van der Waals surface area contributed by atoms with Crippen LogP contribution in [0.25, 0.3) is 0 Å². The molecule has 112 valence electrons. The Morgan fingerprint density at radius 2 is 1.81 bits per heavy atom. The summed E-state index contributed by atoms with van der Waals surface area (Å²) >= 11 is 6.07. The van der Waals surface area contributed by atoms with Gasteiger partial charge in [-0.05, 0) is 43.3 Å². The number of benzene rings is 2. The van der Waals surface area contributed by atoms with E-state index in [0.717, 1.165) is 5.56 Å². The van der Waals surface area contributed by atoms with Crippen molar-refractivity contribution in [3.8, 4) is 5.75 Å². The number of halogens is 3. The molecule has 0 aliphatic rings. The molecule has 2 aromatic rings. The summed E-state index contributed by atoms with van der Waals surface area (Å²) in [5.74, 6) is -1.82. The molecule has 0 aromatic heterocycles. The quantitative estimate of drug-likeness (QED) is 0.892. The third-order valence-electron chi connectivity index (χ3n) is 3.02. The van der Waals surface area contributed by atoms with Crippen LogP contribution in [0.2, 0.25) is 5.02 Å². The second kappa shape index (κ2) is 6.87. The van der Waals surface area contributed by atoms with Gasteiger partial charge in [-0.3, -0.25) is 0 Å². The van der Waals surface area contributed by atoms with Crippen LogP contribution in [-0.4, -0.2) is 7.05 Å². The predicted molar refractivity (Wildman–Crippen MR) is 79.6 cm³/mol. The highest BCUT2D eigenvalue weighted by molar-refractivity contribution is 6.31. The van der Waals surface area contributed by atoms with Gasteiger partial charge in [0.05, 0.1) is 0 Å². The monoisotopic (exact) mass is 311 g/mol. The van der Waals surface area contributed by atoms with Gasteiger partial charge < -0.3 is 10.1 Å². The molecule has 0 saturated carbocycles. The van der Waals surface area contributed by atoms with Crippen LogP contribution in [-0.2, 0) is 13.2 Å². The standard InChI is InChI=1S/C16H16ClF2NO/c1-10-3-4-12(13(17)5-10)9-21-16-14(18)6-11(8-20-2)7-15(16)19/h3-7,20H,8-9H2,1-2H3. The largest absolute Gasteiger partial charge is 0.483 e. The highest BCUT2D eigenvalue weighted by Gasteiger charge is 2.13. The molecule has 1 N–H and O–H groups in total. The molecule has 0 bridgehead atoms. The lowest BCUT2D eigenvalue weighted by molar-refractivity contribution is 0.274. The molecule has 0 radical (unpaired) electrons. The van der Waals surface area contributed by atoms with Crippen molar-refractivity contribution in [3.63, 3.8) is 0 Å². The van der Waals surface area contributed by atoms with E-state index in [4.69, 9.17) is 16.3 Å². The molecular weight excluding hydrogens is 296 g/mol. The fourth-order valence-corrected chi connectivity index (χ4v) is 2.27. The lowest BCUT2D eigenvalue weighted by Gasteiger charge is -2.11. The van der Waals surface area contributed by atoms with Crippen LogP contribution in [0.4, 0.5) is 8.78 Å². The Balaban J connectivity index is 2.16. The maximum atomic E-state index is 13.9. The van der Waals surface area contributed by atoms with Crippen molar-refractivity contribution in [2.75, 3.05) is 7.05 Å². The fraction of sp³-hybridized carbons (Fsp3) is 0.250. The number of hydrogen-bond acceptors (Lipinski definition) is 2. The summed E-state index contributed by atoms with van der Waals surface area (Å²) in [5.41, 5.74) is 2.21. The van der Waals surface area contributed by atoms with Gasteiger partial charge in [-0.15, -0.1) is 0 Å². The van der Waals surface area contributed by atoms with Crippen LogP contribution in [0.1, 0.15) is 16.7 Å². The van der Waals surface area contributed by atoms with Crippen LogP contribution in [0.3, 0.4) is 0 Å². The zero-order valence-corrected chi connectivity index (χ0v) is 12.6. The van der Waals surface area contributed by atoms with Gasteiger partial charge in [0.25, 0.3) is 0 Å². The number of nitrogens with one attached hydrogen (secondary N) is 1. The smallest absolute Gasteiger partial charge is 0.191 e. The summed E-state index contributed by atoms with van der Waals surface area (Å²) in [4.78, 5) is 0. The van der Waals surface area contributed by atoms with E-state index in [1.165, 1.54) is 12.1 Å². The Bertz CT molecular complexity index is 623. The molecule has 0 amide bonds. The molecule has 0 aliphatic heterocycles. The second-order valence-electron chi connectivity index (χ2n) is 4.80. The minimum Gasteiger partial charge on any atom is -0.483 e. The SMILES string of the molecule is CNCc1cc(F)c(OCc2ccc(C)cc2Cl)c(F)c1. The average Bonchev–Trinajstić information content (AvgIpc) is 2.40. The van der Waals surface area contributed by atoms with Crippen LogP contribution < -0.4 is 10.1 Å². The first kappa shape index (κ1) is 15.7.